The zero-order valence-electron chi connectivity index (χ0n) is 11.8. The van der Waals surface area contributed by atoms with Gasteiger partial charge in [0.15, 0.2) is 0 Å². The molecule has 1 fully saturated rings. The number of hydrogen-bond donors (Lipinski definition) is 2. The molecule has 4 nitrogen and oxygen atoms in total. The largest absolute Gasteiger partial charge is 0.494 e. The molecule has 4 heteroatoms. The zero-order chi connectivity index (χ0) is 14.3. The first-order valence-electron chi connectivity index (χ1n) is 7.24. The van der Waals surface area contributed by atoms with Crippen molar-refractivity contribution in [3.05, 3.63) is 29.8 Å². The number of nitrogens with one attached hydrogen (secondary N) is 1. The minimum Gasteiger partial charge on any atom is -0.494 e. The molecule has 0 aliphatic heterocycles. The molecule has 1 aliphatic rings. The van der Waals surface area contributed by atoms with Crippen LogP contribution in [0.5, 0.6) is 5.75 Å². The third-order valence-corrected chi connectivity index (χ3v) is 3.67. The van der Waals surface area contributed by atoms with Crippen molar-refractivity contribution in [2.24, 2.45) is 0 Å². The highest BCUT2D eigenvalue weighted by molar-refractivity contribution is 5.28. The molecular weight excluding hydrogens is 252 g/mol. The molecule has 0 aromatic heterocycles. The predicted molar refractivity (Wildman–Crippen MR) is 77.3 cm³/mol. The average Bonchev–Trinajstić information content (AvgIpc) is 2.42. The Morgan fingerprint density at radius 2 is 2.25 bits per heavy atom. The van der Waals surface area contributed by atoms with E-state index < -0.39 is 5.60 Å². The van der Waals surface area contributed by atoms with Crippen LogP contribution in [0.2, 0.25) is 0 Å². The summed E-state index contributed by atoms with van der Waals surface area (Å²) in [5, 5.41) is 21.8. The highest BCUT2D eigenvalue weighted by Gasteiger charge is 2.33. The van der Waals surface area contributed by atoms with Crippen molar-refractivity contribution in [2.45, 2.75) is 44.2 Å². The molecule has 1 aromatic carbocycles. The number of unbranched alkanes of at least 4 members (excludes halogenated alkanes) is 1. The Balaban J connectivity index is 1.73. The Labute approximate surface area is 120 Å². The molecule has 20 heavy (non-hydrogen) atoms. The molecule has 0 saturated heterocycles. The first kappa shape index (κ1) is 14.8. The summed E-state index contributed by atoms with van der Waals surface area (Å²) in [5.74, 6) is 0.838. The second-order valence-electron chi connectivity index (χ2n) is 5.44. The first-order valence-corrected chi connectivity index (χ1v) is 7.24. The maximum absolute atomic E-state index is 10.00. The van der Waals surface area contributed by atoms with Gasteiger partial charge in [-0.1, -0.05) is 12.1 Å². The van der Waals surface area contributed by atoms with Crippen molar-refractivity contribution in [3.8, 4) is 11.8 Å². The molecule has 1 saturated carbocycles. The van der Waals surface area contributed by atoms with Gasteiger partial charge < -0.3 is 15.2 Å². The van der Waals surface area contributed by atoms with Crippen molar-refractivity contribution in [1.29, 1.82) is 5.26 Å². The summed E-state index contributed by atoms with van der Waals surface area (Å²) in [6, 6.07) is 10.0. The van der Waals surface area contributed by atoms with Crippen LogP contribution < -0.4 is 10.1 Å². The summed E-state index contributed by atoms with van der Waals surface area (Å²) in [6.07, 6.45) is 4.22. The molecule has 0 amide bonds. The van der Waals surface area contributed by atoms with Gasteiger partial charge in [0.1, 0.15) is 5.75 Å². The number of benzene rings is 1. The topological polar surface area (TPSA) is 65.3 Å². The second-order valence-corrected chi connectivity index (χ2v) is 5.44. The van der Waals surface area contributed by atoms with Crippen LogP contribution in [0, 0.1) is 11.3 Å². The molecule has 2 rings (SSSR count). The standard InChI is InChI=1S/C16H22N2O2/c17-9-1-2-10-20-15-6-3-5-14(11-15)12-18-13-16(19)7-4-8-16/h3,5-6,11,18-19H,1-2,4,7-8,10,12-13H2. The summed E-state index contributed by atoms with van der Waals surface area (Å²) in [5.41, 5.74) is 0.663. The minimum absolute atomic E-state index is 0.481. The highest BCUT2D eigenvalue weighted by Crippen LogP contribution is 2.30. The van der Waals surface area contributed by atoms with Gasteiger partial charge >= 0.3 is 0 Å². The number of nitriles is 1. The van der Waals surface area contributed by atoms with Gasteiger partial charge in [0.2, 0.25) is 0 Å². The van der Waals surface area contributed by atoms with Gasteiger partial charge in [-0.25, -0.2) is 0 Å². The van der Waals surface area contributed by atoms with Gasteiger partial charge in [-0.05, 0) is 43.4 Å². The summed E-state index contributed by atoms with van der Waals surface area (Å²) in [7, 11) is 0. The number of rotatable bonds is 8. The average molecular weight is 274 g/mol. The van der Waals surface area contributed by atoms with Crippen molar-refractivity contribution < 1.29 is 9.84 Å². The van der Waals surface area contributed by atoms with Crippen LogP contribution in [-0.4, -0.2) is 23.9 Å². The van der Waals surface area contributed by atoms with Crippen LogP contribution in [-0.2, 0) is 6.54 Å². The van der Waals surface area contributed by atoms with Crippen molar-refractivity contribution in [3.63, 3.8) is 0 Å². The lowest BCUT2D eigenvalue weighted by Gasteiger charge is -2.36. The van der Waals surface area contributed by atoms with Gasteiger partial charge in [-0.2, -0.15) is 5.26 Å². The molecule has 0 bridgehead atoms. The molecular formula is C16H22N2O2. The zero-order valence-corrected chi connectivity index (χ0v) is 11.8. The molecule has 1 aliphatic carbocycles. The monoisotopic (exact) mass is 274 g/mol. The van der Waals surface area contributed by atoms with Gasteiger partial charge in [0, 0.05) is 19.5 Å². The second kappa shape index (κ2) is 7.28. The van der Waals surface area contributed by atoms with Gasteiger partial charge in [-0.15, -0.1) is 0 Å². The summed E-state index contributed by atoms with van der Waals surface area (Å²) < 4.78 is 5.60. The molecule has 0 unspecified atom stereocenters. The molecule has 0 heterocycles. The van der Waals surface area contributed by atoms with Gasteiger partial charge in [-0.3, -0.25) is 0 Å². The first-order chi connectivity index (χ1) is 9.72. The highest BCUT2D eigenvalue weighted by atomic mass is 16.5. The van der Waals surface area contributed by atoms with E-state index in [2.05, 4.69) is 11.4 Å². The van der Waals surface area contributed by atoms with Crippen LogP contribution in [0.4, 0.5) is 0 Å². The third kappa shape index (κ3) is 4.52. The molecule has 0 spiro atoms. The quantitative estimate of drug-likeness (QED) is 0.714. The molecule has 1 aromatic rings. The molecule has 0 radical (unpaired) electrons. The van der Waals surface area contributed by atoms with Crippen LogP contribution >= 0.6 is 0 Å². The fourth-order valence-corrected chi connectivity index (χ4v) is 2.29. The summed E-state index contributed by atoms with van der Waals surface area (Å²) in [6.45, 7) is 1.96. The summed E-state index contributed by atoms with van der Waals surface area (Å²) in [4.78, 5) is 0. The van der Waals surface area contributed by atoms with E-state index in [1.54, 1.807) is 0 Å². The number of hydrogen-bond acceptors (Lipinski definition) is 4. The lowest BCUT2D eigenvalue weighted by molar-refractivity contribution is -0.0314. The van der Waals surface area contributed by atoms with E-state index in [1.807, 2.05) is 24.3 Å². The Morgan fingerprint density at radius 1 is 1.40 bits per heavy atom. The van der Waals surface area contributed by atoms with Crippen molar-refractivity contribution in [1.82, 2.24) is 5.32 Å². The van der Waals surface area contributed by atoms with E-state index in [1.165, 1.54) is 0 Å². The molecule has 0 atom stereocenters. The Bertz CT molecular complexity index is 464. The van der Waals surface area contributed by atoms with Gasteiger partial charge in [0.05, 0.1) is 18.3 Å². The third-order valence-electron chi connectivity index (χ3n) is 3.67. The summed E-state index contributed by atoms with van der Waals surface area (Å²) >= 11 is 0. The fraction of sp³-hybridized carbons (Fsp3) is 0.562. The maximum Gasteiger partial charge on any atom is 0.119 e. The molecule has 108 valence electrons. The van der Waals surface area contributed by atoms with E-state index in [0.717, 1.165) is 43.5 Å². The number of ether oxygens (including phenoxy) is 1. The van der Waals surface area contributed by atoms with Crippen molar-refractivity contribution in [2.75, 3.05) is 13.2 Å². The minimum atomic E-state index is -0.481. The van der Waals surface area contributed by atoms with Crippen LogP contribution in [0.15, 0.2) is 24.3 Å². The van der Waals surface area contributed by atoms with E-state index in [4.69, 9.17) is 10.00 Å². The lowest BCUT2D eigenvalue weighted by Crippen LogP contribution is -2.45. The maximum atomic E-state index is 10.00. The Hall–Kier alpha value is -1.57. The van der Waals surface area contributed by atoms with Gasteiger partial charge in [0.25, 0.3) is 0 Å². The smallest absolute Gasteiger partial charge is 0.119 e. The SMILES string of the molecule is N#CCCCOc1cccc(CNCC2(O)CCC2)c1. The van der Waals surface area contributed by atoms with E-state index >= 15 is 0 Å². The van der Waals surface area contributed by atoms with Crippen LogP contribution in [0.25, 0.3) is 0 Å². The lowest BCUT2D eigenvalue weighted by atomic mass is 9.80. The Morgan fingerprint density at radius 3 is 2.95 bits per heavy atom. The predicted octanol–water partition coefficient (Wildman–Crippen LogP) is 2.37. The number of nitrogens with zero attached hydrogens (tertiary/aromatic N) is 1. The Kier molecular flexibility index (Phi) is 5.40. The van der Waals surface area contributed by atoms with Crippen molar-refractivity contribution >= 4 is 0 Å². The van der Waals surface area contributed by atoms with Crippen LogP contribution in [0.3, 0.4) is 0 Å². The fourth-order valence-electron chi connectivity index (χ4n) is 2.29. The normalized spacial score (nSPS) is 16.2. The van der Waals surface area contributed by atoms with E-state index in [0.29, 0.717) is 19.6 Å². The number of aliphatic hydroxyl groups is 1. The van der Waals surface area contributed by atoms with E-state index in [9.17, 15) is 5.11 Å². The van der Waals surface area contributed by atoms with E-state index in [-0.39, 0.29) is 0 Å². The van der Waals surface area contributed by atoms with Crippen LogP contribution in [0.1, 0.15) is 37.7 Å². The molecule has 2 N–H and O–H groups in total.